The third-order valence-electron chi connectivity index (χ3n) is 3.19. The van der Waals surface area contributed by atoms with E-state index in [2.05, 4.69) is 16.0 Å². The van der Waals surface area contributed by atoms with Gasteiger partial charge in [0.15, 0.2) is 0 Å². The van der Waals surface area contributed by atoms with Gasteiger partial charge in [-0.3, -0.25) is 14.4 Å². The van der Waals surface area contributed by atoms with E-state index in [1.807, 2.05) is 0 Å². The molecule has 0 saturated carbocycles. The second kappa shape index (κ2) is 7.92. The highest BCUT2D eigenvalue weighted by Gasteiger charge is 2.08. The quantitative estimate of drug-likeness (QED) is 0.788. The van der Waals surface area contributed by atoms with E-state index in [1.165, 1.54) is 6.92 Å². The molecule has 6 nitrogen and oxygen atoms in total. The third-order valence-corrected chi connectivity index (χ3v) is 3.19. The van der Waals surface area contributed by atoms with Crippen LogP contribution in [-0.2, 0) is 9.59 Å². The molecule has 0 aromatic heterocycles. The summed E-state index contributed by atoms with van der Waals surface area (Å²) in [5, 5.41) is 8.14. The highest BCUT2D eigenvalue weighted by atomic mass is 16.2. The summed E-state index contributed by atoms with van der Waals surface area (Å²) in [4.78, 5) is 34.7. The van der Waals surface area contributed by atoms with E-state index >= 15 is 0 Å². The first-order valence-corrected chi connectivity index (χ1v) is 7.57. The maximum absolute atomic E-state index is 12.3. The molecule has 6 heteroatoms. The van der Waals surface area contributed by atoms with Crippen molar-refractivity contribution in [3.05, 3.63) is 54.1 Å². The summed E-state index contributed by atoms with van der Waals surface area (Å²) in [7, 11) is 0. The maximum Gasteiger partial charge on any atom is 0.255 e. The van der Waals surface area contributed by atoms with Gasteiger partial charge in [-0.2, -0.15) is 0 Å². The van der Waals surface area contributed by atoms with Crippen LogP contribution in [0.2, 0.25) is 0 Å². The molecule has 2 aromatic carbocycles. The van der Waals surface area contributed by atoms with Crippen molar-refractivity contribution in [3.8, 4) is 0 Å². The van der Waals surface area contributed by atoms with Crippen LogP contribution in [0.25, 0.3) is 0 Å². The van der Waals surface area contributed by atoms with Gasteiger partial charge in [-0.05, 0) is 42.5 Å². The lowest BCUT2D eigenvalue weighted by Crippen LogP contribution is -2.14. The number of anilines is 3. The first-order valence-electron chi connectivity index (χ1n) is 7.57. The summed E-state index contributed by atoms with van der Waals surface area (Å²) in [6.07, 6.45) is 0.372. The molecule has 0 bridgehead atoms. The highest BCUT2D eigenvalue weighted by Crippen LogP contribution is 2.16. The number of benzene rings is 2. The zero-order chi connectivity index (χ0) is 17.5. The molecule has 3 amide bonds. The summed E-state index contributed by atoms with van der Waals surface area (Å²) in [6, 6.07) is 13.5. The molecule has 0 fully saturated rings. The maximum atomic E-state index is 12.3. The Morgan fingerprint density at radius 1 is 0.833 bits per heavy atom. The number of nitrogens with one attached hydrogen (secondary N) is 3. The van der Waals surface area contributed by atoms with Gasteiger partial charge in [0.25, 0.3) is 5.91 Å². The molecule has 3 N–H and O–H groups in total. The van der Waals surface area contributed by atoms with Crippen molar-refractivity contribution < 1.29 is 14.4 Å². The molecule has 2 rings (SSSR count). The van der Waals surface area contributed by atoms with Crippen LogP contribution in [-0.4, -0.2) is 17.7 Å². The monoisotopic (exact) mass is 325 g/mol. The summed E-state index contributed by atoms with van der Waals surface area (Å²) in [6.45, 7) is 3.19. The summed E-state index contributed by atoms with van der Waals surface area (Å²) in [5.41, 5.74) is 2.28. The van der Waals surface area contributed by atoms with Gasteiger partial charge in [0.2, 0.25) is 11.8 Å². The fraction of sp³-hybridized carbons (Fsp3) is 0.167. The predicted octanol–water partition coefficient (Wildman–Crippen LogP) is 3.25. The van der Waals surface area contributed by atoms with Crippen LogP contribution in [0.3, 0.4) is 0 Å². The Balaban J connectivity index is 2.05. The summed E-state index contributed by atoms with van der Waals surface area (Å²) in [5.74, 6) is -0.547. The molecule has 0 spiro atoms. The van der Waals surface area contributed by atoms with E-state index in [1.54, 1.807) is 55.5 Å². The van der Waals surface area contributed by atoms with Crippen molar-refractivity contribution in [2.24, 2.45) is 0 Å². The van der Waals surface area contributed by atoms with Crippen molar-refractivity contribution in [3.63, 3.8) is 0 Å². The van der Waals surface area contributed by atoms with Gasteiger partial charge in [0.1, 0.15) is 0 Å². The molecule has 0 heterocycles. The predicted molar refractivity (Wildman–Crippen MR) is 94.1 cm³/mol. The smallest absolute Gasteiger partial charge is 0.255 e. The summed E-state index contributed by atoms with van der Waals surface area (Å²) >= 11 is 0. The summed E-state index contributed by atoms with van der Waals surface area (Å²) < 4.78 is 0. The highest BCUT2D eigenvalue weighted by molar-refractivity contribution is 6.05. The van der Waals surface area contributed by atoms with Crippen LogP contribution in [0, 0.1) is 0 Å². The van der Waals surface area contributed by atoms with Gasteiger partial charge in [-0.25, -0.2) is 0 Å². The Morgan fingerprint density at radius 2 is 1.46 bits per heavy atom. The molecular weight excluding hydrogens is 306 g/mol. The van der Waals surface area contributed by atoms with E-state index in [4.69, 9.17) is 0 Å². The SMILES string of the molecule is CCC(=O)Nc1cccc(C(=O)Nc2ccc(NC(C)=O)cc2)c1. The molecule has 0 saturated heterocycles. The minimum Gasteiger partial charge on any atom is -0.326 e. The van der Waals surface area contributed by atoms with Gasteiger partial charge < -0.3 is 16.0 Å². The Labute approximate surface area is 140 Å². The minimum atomic E-state index is -0.283. The number of carbonyl (C=O) groups is 3. The van der Waals surface area contributed by atoms with Crippen LogP contribution in [0.1, 0.15) is 30.6 Å². The van der Waals surface area contributed by atoms with Crippen molar-refractivity contribution in [1.29, 1.82) is 0 Å². The molecular formula is C18H19N3O3. The molecule has 0 atom stereocenters. The molecule has 0 aliphatic rings. The van der Waals surface area contributed by atoms with Gasteiger partial charge in [0, 0.05) is 36.0 Å². The Morgan fingerprint density at radius 3 is 2.04 bits per heavy atom. The van der Waals surface area contributed by atoms with Gasteiger partial charge >= 0.3 is 0 Å². The van der Waals surface area contributed by atoms with Crippen molar-refractivity contribution in [1.82, 2.24) is 0 Å². The topological polar surface area (TPSA) is 87.3 Å². The molecule has 0 unspecified atom stereocenters. The van der Waals surface area contributed by atoms with E-state index < -0.39 is 0 Å². The van der Waals surface area contributed by atoms with E-state index in [0.29, 0.717) is 29.0 Å². The molecule has 2 aromatic rings. The van der Waals surface area contributed by atoms with E-state index in [-0.39, 0.29) is 17.7 Å². The average molecular weight is 325 g/mol. The second-order valence-corrected chi connectivity index (χ2v) is 5.20. The fourth-order valence-corrected chi connectivity index (χ4v) is 2.03. The van der Waals surface area contributed by atoms with Crippen LogP contribution in [0.5, 0.6) is 0 Å². The van der Waals surface area contributed by atoms with Crippen molar-refractivity contribution >= 4 is 34.8 Å². The van der Waals surface area contributed by atoms with Gasteiger partial charge in [0.05, 0.1) is 0 Å². The fourth-order valence-electron chi connectivity index (χ4n) is 2.03. The lowest BCUT2D eigenvalue weighted by molar-refractivity contribution is -0.116. The number of amides is 3. The Bertz CT molecular complexity index is 754. The van der Waals surface area contributed by atoms with Crippen LogP contribution < -0.4 is 16.0 Å². The zero-order valence-electron chi connectivity index (χ0n) is 13.6. The first kappa shape index (κ1) is 17.2. The first-order chi connectivity index (χ1) is 11.5. The zero-order valence-corrected chi connectivity index (χ0v) is 13.6. The number of hydrogen-bond donors (Lipinski definition) is 3. The lowest BCUT2D eigenvalue weighted by atomic mass is 10.1. The van der Waals surface area contributed by atoms with Crippen LogP contribution in [0.4, 0.5) is 17.1 Å². The van der Waals surface area contributed by atoms with Crippen molar-refractivity contribution in [2.45, 2.75) is 20.3 Å². The largest absolute Gasteiger partial charge is 0.326 e. The average Bonchev–Trinajstić information content (AvgIpc) is 2.56. The van der Waals surface area contributed by atoms with E-state index in [9.17, 15) is 14.4 Å². The third kappa shape index (κ3) is 4.95. The molecule has 0 aliphatic carbocycles. The minimum absolute atomic E-state index is 0.110. The molecule has 0 aliphatic heterocycles. The Kier molecular flexibility index (Phi) is 5.68. The number of rotatable bonds is 5. The van der Waals surface area contributed by atoms with Crippen LogP contribution in [0.15, 0.2) is 48.5 Å². The normalized spacial score (nSPS) is 9.92. The van der Waals surface area contributed by atoms with Gasteiger partial charge in [-0.1, -0.05) is 13.0 Å². The van der Waals surface area contributed by atoms with Crippen molar-refractivity contribution in [2.75, 3.05) is 16.0 Å². The second-order valence-electron chi connectivity index (χ2n) is 5.20. The number of hydrogen-bond acceptors (Lipinski definition) is 3. The molecule has 0 radical (unpaired) electrons. The van der Waals surface area contributed by atoms with Crippen LogP contribution >= 0.6 is 0 Å². The molecule has 24 heavy (non-hydrogen) atoms. The van der Waals surface area contributed by atoms with E-state index in [0.717, 1.165) is 0 Å². The Hall–Kier alpha value is -3.15. The standard InChI is InChI=1S/C18H19N3O3/c1-3-17(23)20-16-6-4-5-13(11-16)18(24)21-15-9-7-14(8-10-15)19-12(2)22/h4-11H,3H2,1-2H3,(H,19,22)(H,20,23)(H,21,24). The lowest BCUT2D eigenvalue weighted by Gasteiger charge is -2.09. The molecule has 124 valence electrons. The van der Waals surface area contributed by atoms with Gasteiger partial charge in [-0.15, -0.1) is 0 Å². The number of carbonyl (C=O) groups excluding carboxylic acids is 3.